The molecule has 0 aliphatic heterocycles. The van der Waals surface area contributed by atoms with Crippen LogP contribution >= 0.6 is 0 Å². The van der Waals surface area contributed by atoms with E-state index in [4.69, 9.17) is 10.8 Å². The van der Waals surface area contributed by atoms with Crippen molar-refractivity contribution in [2.24, 2.45) is 0 Å². The van der Waals surface area contributed by atoms with Gasteiger partial charge in [0.05, 0.1) is 0 Å². The lowest BCUT2D eigenvalue weighted by molar-refractivity contribution is 0.617. The second-order valence-corrected chi connectivity index (χ2v) is 3.17. The molecular weight excluding hydrogens is 150 g/mol. The van der Waals surface area contributed by atoms with E-state index in [0.717, 1.165) is 6.42 Å². The molecule has 0 radical (unpaired) electrons. The van der Waals surface area contributed by atoms with Gasteiger partial charge in [-0.2, -0.15) is 0 Å². The van der Waals surface area contributed by atoms with Crippen molar-refractivity contribution < 1.29 is 0 Å². The van der Waals surface area contributed by atoms with Crippen LogP contribution in [0.5, 0.6) is 0 Å². The molecule has 0 spiro atoms. The summed E-state index contributed by atoms with van der Waals surface area (Å²) in [6.07, 6.45) is 0.776. The second-order valence-electron chi connectivity index (χ2n) is 3.17. The van der Waals surface area contributed by atoms with Crippen molar-refractivity contribution in [2.75, 3.05) is 0 Å². The van der Waals surface area contributed by atoms with Gasteiger partial charge < -0.3 is 16.1 Å². The van der Waals surface area contributed by atoms with Crippen LogP contribution in [0, 0.1) is 10.8 Å². The van der Waals surface area contributed by atoms with E-state index < -0.39 is 0 Å². The Labute approximate surface area is 74.6 Å². The molecule has 0 aliphatic carbocycles. The first-order valence-electron chi connectivity index (χ1n) is 4.37. The summed E-state index contributed by atoms with van der Waals surface area (Å²) in [5.74, 6) is 0. The van der Waals surface area contributed by atoms with E-state index in [1.165, 1.54) is 0 Å². The number of hydrogen-bond acceptors (Lipinski definition) is 3. The maximum absolute atomic E-state index is 7.54. The van der Waals surface area contributed by atoms with Crippen LogP contribution in [-0.2, 0) is 0 Å². The minimum atomic E-state index is 0.0758. The smallest absolute Gasteiger partial charge is 0.0424 e. The average molecular weight is 169 g/mol. The van der Waals surface area contributed by atoms with Crippen molar-refractivity contribution in [3.05, 3.63) is 0 Å². The molecule has 0 bridgehead atoms. The third-order valence-electron chi connectivity index (χ3n) is 2.05. The van der Waals surface area contributed by atoms with Crippen LogP contribution in [0.1, 0.15) is 34.1 Å². The summed E-state index contributed by atoms with van der Waals surface area (Å²) in [7, 11) is 0. The number of hydrogen-bond donors (Lipinski definition) is 3. The first kappa shape index (κ1) is 11.3. The van der Waals surface area contributed by atoms with Crippen LogP contribution < -0.4 is 5.32 Å². The topological polar surface area (TPSA) is 59.7 Å². The first-order chi connectivity index (χ1) is 5.49. The van der Waals surface area contributed by atoms with Gasteiger partial charge in [0.1, 0.15) is 0 Å². The highest BCUT2D eigenvalue weighted by atomic mass is 15.0. The van der Waals surface area contributed by atoms with Crippen molar-refractivity contribution in [3.8, 4) is 0 Å². The molecule has 3 nitrogen and oxygen atoms in total. The first-order valence-corrected chi connectivity index (χ1v) is 4.37. The van der Waals surface area contributed by atoms with Crippen molar-refractivity contribution in [1.82, 2.24) is 5.32 Å². The van der Waals surface area contributed by atoms with E-state index in [-0.39, 0.29) is 12.1 Å². The average Bonchev–Trinajstić information content (AvgIpc) is 2.02. The fourth-order valence-electron chi connectivity index (χ4n) is 0.907. The van der Waals surface area contributed by atoms with E-state index in [9.17, 15) is 0 Å². The lowest BCUT2D eigenvalue weighted by atomic mass is 10.1. The maximum atomic E-state index is 7.54. The van der Waals surface area contributed by atoms with Gasteiger partial charge in [0.25, 0.3) is 0 Å². The Morgan fingerprint density at radius 2 is 1.75 bits per heavy atom. The van der Waals surface area contributed by atoms with Crippen LogP contribution in [0.2, 0.25) is 0 Å². The molecule has 2 atom stereocenters. The Kier molecular flexibility index (Phi) is 4.74. The van der Waals surface area contributed by atoms with Gasteiger partial charge >= 0.3 is 0 Å². The minimum Gasteiger partial charge on any atom is -0.308 e. The fraction of sp³-hybridized carbons (Fsp3) is 0.778. The molecule has 0 fully saturated rings. The molecule has 0 aromatic rings. The second kappa shape index (κ2) is 5.04. The zero-order chi connectivity index (χ0) is 9.72. The Hall–Kier alpha value is -0.700. The maximum Gasteiger partial charge on any atom is 0.0424 e. The summed E-state index contributed by atoms with van der Waals surface area (Å²) >= 11 is 0. The molecule has 0 amide bonds. The lowest BCUT2D eigenvalue weighted by Crippen LogP contribution is -2.42. The van der Waals surface area contributed by atoms with Gasteiger partial charge in [0.2, 0.25) is 0 Å². The summed E-state index contributed by atoms with van der Waals surface area (Å²) < 4.78 is 0. The Morgan fingerprint density at radius 1 is 1.25 bits per heavy atom. The SMILES string of the molecule is CCC(=N)C(C)NC(C)C(C)=N. The van der Waals surface area contributed by atoms with Gasteiger partial charge in [-0.1, -0.05) is 6.92 Å². The molecular formula is C9H19N3. The highest BCUT2D eigenvalue weighted by Crippen LogP contribution is 1.94. The van der Waals surface area contributed by atoms with Gasteiger partial charge in [0.15, 0.2) is 0 Å². The molecule has 2 unspecified atom stereocenters. The molecule has 12 heavy (non-hydrogen) atoms. The Morgan fingerprint density at radius 3 is 2.08 bits per heavy atom. The molecule has 0 aromatic heterocycles. The van der Waals surface area contributed by atoms with Gasteiger partial charge in [-0.15, -0.1) is 0 Å². The zero-order valence-corrected chi connectivity index (χ0v) is 8.36. The summed E-state index contributed by atoms with van der Waals surface area (Å²) in [4.78, 5) is 0. The summed E-state index contributed by atoms with van der Waals surface area (Å²) in [5.41, 5.74) is 1.31. The Balaban J connectivity index is 3.91. The molecule has 70 valence electrons. The third kappa shape index (κ3) is 3.62. The molecule has 0 saturated heterocycles. The lowest BCUT2D eigenvalue weighted by Gasteiger charge is -2.19. The van der Waals surface area contributed by atoms with Crippen LogP contribution in [0.3, 0.4) is 0 Å². The Bertz CT molecular complexity index is 175. The van der Waals surface area contributed by atoms with Gasteiger partial charge in [-0.3, -0.25) is 0 Å². The number of nitrogens with one attached hydrogen (secondary N) is 3. The standard InChI is InChI=1S/C9H19N3/c1-5-9(11)8(4)12-7(3)6(2)10/h7-8,10-12H,5H2,1-4H3. The minimum absolute atomic E-state index is 0.0758. The molecule has 0 saturated carbocycles. The van der Waals surface area contributed by atoms with Crippen molar-refractivity contribution in [1.29, 1.82) is 10.8 Å². The summed E-state index contributed by atoms with van der Waals surface area (Å²) in [6, 6.07) is 0.164. The molecule has 3 N–H and O–H groups in total. The largest absolute Gasteiger partial charge is 0.308 e. The zero-order valence-electron chi connectivity index (χ0n) is 8.36. The molecule has 0 aromatic carbocycles. The van der Waals surface area contributed by atoms with Gasteiger partial charge in [-0.05, 0) is 27.2 Å². The van der Waals surface area contributed by atoms with E-state index in [1.807, 2.05) is 20.8 Å². The fourth-order valence-corrected chi connectivity index (χ4v) is 0.907. The third-order valence-corrected chi connectivity index (χ3v) is 2.05. The van der Waals surface area contributed by atoms with Crippen molar-refractivity contribution >= 4 is 11.4 Å². The van der Waals surface area contributed by atoms with E-state index in [0.29, 0.717) is 11.4 Å². The van der Waals surface area contributed by atoms with Crippen LogP contribution in [-0.4, -0.2) is 23.5 Å². The molecule has 0 rings (SSSR count). The monoisotopic (exact) mass is 169 g/mol. The van der Waals surface area contributed by atoms with Gasteiger partial charge in [0, 0.05) is 23.5 Å². The molecule has 3 heteroatoms. The van der Waals surface area contributed by atoms with E-state index in [2.05, 4.69) is 5.32 Å². The summed E-state index contributed by atoms with van der Waals surface area (Å²) in [5, 5.41) is 18.1. The predicted octanol–water partition coefficient (Wildman–Crippen LogP) is 1.82. The van der Waals surface area contributed by atoms with Crippen molar-refractivity contribution in [3.63, 3.8) is 0 Å². The molecule has 0 aliphatic rings. The predicted molar refractivity (Wildman–Crippen MR) is 53.5 cm³/mol. The molecule has 0 heterocycles. The van der Waals surface area contributed by atoms with Crippen LogP contribution in [0.4, 0.5) is 0 Å². The van der Waals surface area contributed by atoms with Crippen molar-refractivity contribution in [2.45, 2.75) is 46.2 Å². The highest BCUT2D eigenvalue weighted by molar-refractivity contribution is 5.88. The van der Waals surface area contributed by atoms with E-state index in [1.54, 1.807) is 6.92 Å². The highest BCUT2D eigenvalue weighted by Gasteiger charge is 2.11. The van der Waals surface area contributed by atoms with Crippen LogP contribution in [0.15, 0.2) is 0 Å². The normalized spacial score (nSPS) is 15.3. The summed E-state index contributed by atoms with van der Waals surface area (Å²) in [6.45, 7) is 7.66. The van der Waals surface area contributed by atoms with Crippen LogP contribution in [0.25, 0.3) is 0 Å². The van der Waals surface area contributed by atoms with Gasteiger partial charge in [-0.25, -0.2) is 0 Å². The van der Waals surface area contributed by atoms with E-state index >= 15 is 0 Å². The number of rotatable bonds is 5. The quantitative estimate of drug-likeness (QED) is 0.540.